The Balaban J connectivity index is 1.45. The van der Waals surface area contributed by atoms with Gasteiger partial charge < -0.3 is 18.9 Å². The Morgan fingerprint density at radius 2 is 1.94 bits per heavy atom. The molecule has 3 aromatic rings. The summed E-state index contributed by atoms with van der Waals surface area (Å²) in [5.74, 6) is 1.60. The number of hydrogen-bond acceptors (Lipinski definition) is 6. The van der Waals surface area contributed by atoms with Crippen LogP contribution in [0.4, 0.5) is 0 Å². The van der Waals surface area contributed by atoms with Crippen LogP contribution in [0.25, 0.3) is 5.69 Å². The lowest BCUT2D eigenvalue weighted by atomic mass is 9.96. The van der Waals surface area contributed by atoms with Crippen LogP contribution in [0.3, 0.4) is 0 Å². The lowest BCUT2D eigenvalue weighted by Gasteiger charge is -2.27. The first-order valence-corrected chi connectivity index (χ1v) is 11.5. The van der Waals surface area contributed by atoms with Gasteiger partial charge in [0, 0.05) is 41.1 Å². The number of thioether (sulfide) groups is 1. The number of benzene rings is 1. The largest absolute Gasteiger partial charge is 0.454 e. The number of rotatable bonds is 3. The Morgan fingerprint density at radius 1 is 1.06 bits per heavy atom. The zero-order valence-electron chi connectivity index (χ0n) is 17.8. The number of ether oxygens (including phenoxy) is 2. The normalized spacial score (nSPS) is 23.9. The molecule has 0 aliphatic carbocycles. The van der Waals surface area contributed by atoms with Gasteiger partial charge in [-0.3, -0.25) is 9.98 Å². The molecule has 0 N–H and O–H groups in total. The second kappa shape index (κ2) is 7.05. The van der Waals surface area contributed by atoms with Crippen LogP contribution in [0.15, 0.2) is 53.7 Å². The van der Waals surface area contributed by atoms with E-state index < -0.39 is 0 Å². The number of amidine groups is 1. The van der Waals surface area contributed by atoms with Crippen molar-refractivity contribution >= 4 is 16.9 Å². The molecule has 2 aromatic heterocycles. The topological polar surface area (TPSA) is 51.9 Å². The predicted molar refractivity (Wildman–Crippen MR) is 122 cm³/mol. The van der Waals surface area contributed by atoms with Crippen LogP contribution in [0, 0.1) is 13.8 Å². The van der Waals surface area contributed by atoms with Crippen molar-refractivity contribution < 1.29 is 9.47 Å². The van der Waals surface area contributed by atoms with Gasteiger partial charge >= 0.3 is 0 Å². The van der Waals surface area contributed by atoms with Crippen LogP contribution in [0.5, 0.6) is 11.5 Å². The Kier molecular flexibility index (Phi) is 4.28. The molecule has 31 heavy (non-hydrogen) atoms. The van der Waals surface area contributed by atoms with E-state index in [1.54, 1.807) is 0 Å². The number of pyridine rings is 1. The molecule has 0 bridgehead atoms. The second-order valence-electron chi connectivity index (χ2n) is 8.34. The highest BCUT2D eigenvalue weighted by Gasteiger charge is 2.44. The molecule has 0 spiro atoms. The van der Waals surface area contributed by atoms with Crippen molar-refractivity contribution in [2.75, 3.05) is 13.3 Å². The van der Waals surface area contributed by atoms with E-state index in [0.717, 1.165) is 34.6 Å². The van der Waals surface area contributed by atoms with Gasteiger partial charge in [0.25, 0.3) is 0 Å². The molecule has 6 rings (SSSR count). The Hall–Kier alpha value is -2.93. The standard InChI is InChI=1S/C24H24N4O2S/c1-14-10-18(16(3)28(14)17-7-8-20-21(11-17)30-13-29-20)23-22(19-6-4-5-9-25-19)26-24-27(23)12-15(2)31-24/h4-11,15,22-23H,12-13H2,1-3H3/t15-,22+,23-/m0/s1. The summed E-state index contributed by atoms with van der Waals surface area (Å²) in [6.45, 7) is 7.92. The third-order valence-corrected chi connectivity index (χ3v) is 7.39. The van der Waals surface area contributed by atoms with Crippen molar-refractivity contribution in [2.24, 2.45) is 4.99 Å². The lowest BCUT2D eigenvalue weighted by Crippen LogP contribution is -2.28. The molecule has 1 fully saturated rings. The van der Waals surface area contributed by atoms with Crippen molar-refractivity contribution in [1.29, 1.82) is 0 Å². The third-order valence-electron chi connectivity index (χ3n) is 6.28. The maximum Gasteiger partial charge on any atom is 0.231 e. The van der Waals surface area contributed by atoms with Gasteiger partial charge in [-0.25, -0.2) is 0 Å². The molecule has 3 atom stereocenters. The number of nitrogens with zero attached hydrogens (tertiary/aromatic N) is 4. The van der Waals surface area contributed by atoms with E-state index in [2.05, 4.69) is 65.6 Å². The van der Waals surface area contributed by atoms with Crippen LogP contribution in [0.2, 0.25) is 0 Å². The van der Waals surface area contributed by atoms with Crippen LogP contribution in [-0.4, -0.2) is 38.2 Å². The van der Waals surface area contributed by atoms with Gasteiger partial charge in [0.15, 0.2) is 16.7 Å². The maximum atomic E-state index is 5.62. The Bertz CT molecular complexity index is 1190. The molecule has 5 heterocycles. The molecule has 3 aliphatic rings. The summed E-state index contributed by atoms with van der Waals surface area (Å²) in [5, 5.41) is 1.68. The van der Waals surface area contributed by atoms with Crippen molar-refractivity contribution in [2.45, 2.75) is 38.1 Å². The van der Waals surface area contributed by atoms with Gasteiger partial charge in [-0.15, -0.1) is 0 Å². The quantitative estimate of drug-likeness (QED) is 0.595. The highest BCUT2D eigenvalue weighted by molar-refractivity contribution is 8.14. The van der Waals surface area contributed by atoms with Crippen LogP contribution in [-0.2, 0) is 0 Å². The molecule has 158 valence electrons. The van der Waals surface area contributed by atoms with Crippen LogP contribution >= 0.6 is 11.8 Å². The van der Waals surface area contributed by atoms with E-state index in [9.17, 15) is 0 Å². The number of aryl methyl sites for hydroxylation is 1. The predicted octanol–water partition coefficient (Wildman–Crippen LogP) is 4.81. The van der Waals surface area contributed by atoms with Gasteiger partial charge in [0.2, 0.25) is 6.79 Å². The highest BCUT2D eigenvalue weighted by Crippen LogP contribution is 2.49. The number of fused-ring (bicyclic) bond motifs is 2. The van der Waals surface area contributed by atoms with Crippen LogP contribution < -0.4 is 9.47 Å². The van der Waals surface area contributed by atoms with Crippen molar-refractivity contribution in [1.82, 2.24) is 14.5 Å². The molecule has 1 aromatic carbocycles. The summed E-state index contributed by atoms with van der Waals surface area (Å²) in [7, 11) is 0. The molecule has 0 saturated carbocycles. The Labute approximate surface area is 185 Å². The van der Waals surface area contributed by atoms with Crippen molar-refractivity contribution in [3.8, 4) is 17.2 Å². The first-order chi connectivity index (χ1) is 15.1. The fourth-order valence-corrected chi connectivity index (χ4v) is 6.06. The smallest absolute Gasteiger partial charge is 0.231 e. The summed E-state index contributed by atoms with van der Waals surface area (Å²) in [6.07, 6.45) is 1.86. The van der Waals surface area contributed by atoms with E-state index in [1.165, 1.54) is 17.0 Å². The fourth-order valence-electron chi connectivity index (χ4n) is 4.96. The fraction of sp³-hybridized carbons (Fsp3) is 0.333. The first kappa shape index (κ1) is 18.8. The SMILES string of the molecule is Cc1cc([C@H]2[C@@H](c3ccccn3)N=C3S[C@@H](C)CN32)c(C)n1-c1ccc2c(c1)OCO2. The van der Waals surface area contributed by atoms with Crippen molar-refractivity contribution in [3.05, 3.63) is 71.3 Å². The molecule has 0 radical (unpaired) electrons. The van der Waals surface area contributed by atoms with E-state index in [4.69, 9.17) is 14.5 Å². The van der Waals surface area contributed by atoms with E-state index in [0.29, 0.717) is 5.25 Å². The lowest BCUT2D eigenvalue weighted by molar-refractivity contribution is 0.174. The van der Waals surface area contributed by atoms with Crippen LogP contribution in [0.1, 0.15) is 41.7 Å². The monoisotopic (exact) mass is 432 g/mol. The molecule has 6 nitrogen and oxygen atoms in total. The van der Waals surface area contributed by atoms with E-state index in [-0.39, 0.29) is 18.9 Å². The molecule has 1 saturated heterocycles. The third kappa shape index (κ3) is 2.94. The number of aromatic nitrogens is 2. The molecule has 3 aliphatic heterocycles. The van der Waals surface area contributed by atoms with E-state index >= 15 is 0 Å². The molecule has 7 heteroatoms. The minimum Gasteiger partial charge on any atom is -0.454 e. The summed E-state index contributed by atoms with van der Waals surface area (Å²) >= 11 is 1.87. The summed E-state index contributed by atoms with van der Waals surface area (Å²) in [6, 6.07) is 14.7. The summed E-state index contributed by atoms with van der Waals surface area (Å²) < 4.78 is 13.4. The summed E-state index contributed by atoms with van der Waals surface area (Å²) in [4.78, 5) is 12.3. The van der Waals surface area contributed by atoms with Gasteiger partial charge in [-0.2, -0.15) is 0 Å². The minimum absolute atomic E-state index is 0.00176. The highest BCUT2D eigenvalue weighted by atomic mass is 32.2. The number of hydrogen-bond donors (Lipinski definition) is 0. The molecule has 0 amide bonds. The van der Waals surface area contributed by atoms with Gasteiger partial charge in [-0.05, 0) is 49.7 Å². The molecule has 0 unspecified atom stereocenters. The van der Waals surface area contributed by atoms with Gasteiger partial charge in [-0.1, -0.05) is 24.8 Å². The zero-order chi connectivity index (χ0) is 21.1. The second-order valence-corrected chi connectivity index (χ2v) is 9.74. The molecular formula is C24H24N4O2S. The maximum absolute atomic E-state index is 5.62. The zero-order valence-corrected chi connectivity index (χ0v) is 18.6. The van der Waals surface area contributed by atoms with Gasteiger partial charge in [0.1, 0.15) is 6.04 Å². The average molecular weight is 433 g/mol. The molecular weight excluding hydrogens is 408 g/mol. The minimum atomic E-state index is 0.00176. The average Bonchev–Trinajstić information content (AvgIpc) is 3.51. The van der Waals surface area contributed by atoms with Gasteiger partial charge in [0.05, 0.1) is 11.7 Å². The Morgan fingerprint density at radius 3 is 2.77 bits per heavy atom. The summed E-state index contributed by atoms with van der Waals surface area (Å²) in [5.41, 5.74) is 5.83. The van der Waals surface area contributed by atoms with Crippen molar-refractivity contribution in [3.63, 3.8) is 0 Å². The number of aliphatic imine (C=N–C) groups is 1. The van der Waals surface area contributed by atoms with E-state index in [1.807, 2.05) is 30.1 Å². The first-order valence-electron chi connectivity index (χ1n) is 10.6.